The Bertz CT molecular complexity index is 1200. The van der Waals surface area contributed by atoms with E-state index in [1.54, 1.807) is 30.6 Å². The quantitative estimate of drug-likeness (QED) is 0.323. The summed E-state index contributed by atoms with van der Waals surface area (Å²) in [5.41, 5.74) is 4.10. The van der Waals surface area contributed by atoms with Crippen LogP contribution in [-0.2, 0) is 16.1 Å². The number of nitrogens with zero attached hydrogens (tertiary/aromatic N) is 2. The van der Waals surface area contributed by atoms with Crippen molar-refractivity contribution >= 4 is 33.4 Å². The van der Waals surface area contributed by atoms with Gasteiger partial charge in [0.2, 0.25) is 0 Å². The smallest absolute Gasteiger partial charge is 0.295 e. The Labute approximate surface area is 189 Å². The molecule has 1 fully saturated rings. The van der Waals surface area contributed by atoms with Gasteiger partial charge in [-0.05, 0) is 48.7 Å². The lowest BCUT2D eigenvalue weighted by Crippen LogP contribution is -2.29. The van der Waals surface area contributed by atoms with Gasteiger partial charge in [-0.3, -0.25) is 14.6 Å². The van der Waals surface area contributed by atoms with Gasteiger partial charge in [-0.15, -0.1) is 0 Å². The molecule has 156 valence electrons. The number of aliphatic hydroxyl groups is 1. The Morgan fingerprint density at radius 3 is 2.58 bits per heavy atom. The number of likely N-dealkylation sites (tertiary alicyclic amines) is 1. The number of carbonyl (C=O) groups is 2. The molecular formula is C25H21BrN2O3. The average molecular weight is 477 g/mol. The number of ketones is 1. The standard InChI is InChI=1S/C25H21BrN2O3/c1-15-5-3-7-18(11-15)22-21(23(29)19-8-9-20(26)16(2)12-19)24(30)25(31)28(22)14-17-6-4-10-27-13-17/h3-13,22,29H,14H2,1-2H3/b23-21-. The van der Waals surface area contributed by atoms with E-state index in [1.165, 1.54) is 4.90 Å². The molecule has 1 saturated heterocycles. The third-order valence-corrected chi connectivity index (χ3v) is 6.29. The van der Waals surface area contributed by atoms with Gasteiger partial charge in [0.05, 0.1) is 11.6 Å². The number of rotatable bonds is 4. The first-order valence-electron chi connectivity index (χ1n) is 9.87. The Balaban J connectivity index is 1.88. The number of halogens is 1. The van der Waals surface area contributed by atoms with Crippen LogP contribution in [-0.4, -0.2) is 26.7 Å². The second-order valence-electron chi connectivity index (χ2n) is 7.67. The molecule has 6 heteroatoms. The third-order valence-electron chi connectivity index (χ3n) is 5.40. The molecule has 2 heterocycles. The summed E-state index contributed by atoms with van der Waals surface area (Å²) in [6.45, 7) is 4.07. The molecule has 1 N–H and O–H groups in total. The van der Waals surface area contributed by atoms with Crippen molar-refractivity contribution in [2.45, 2.75) is 26.4 Å². The number of carbonyl (C=O) groups excluding carboxylic acids is 2. The van der Waals surface area contributed by atoms with Crippen molar-refractivity contribution in [3.63, 3.8) is 0 Å². The Morgan fingerprint density at radius 1 is 1.10 bits per heavy atom. The average Bonchev–Trinajstić information content (AvgIpc) is 3.01. The largest absolute Gasteiger partial charge is 0.507 e. The van der Waals surface area contributed by atoms with Crippen LogP contribution in [0.5, 0.6) is 0 Å². The summed E-state index contributed by atoms with van der Waals surface area (Å²) in [5, 5.41) is 11.2. The molecule has 1 unspecified atom stereocenters. The van der Waals surface area contributed by atoms with Crippen molar-refractivity contribution in [2.75, 3.05) is 0 Å². The van der Waals surface area contributed by atoms with Crippen LogP contribution in [0.3, 0.4) is 0 Å². The highest BCUT2D eigenvalue weighted by Crippen LogP contribution is 2.40. The number of amides is 1. The number of Topliss-reactive ketones (excluding diaryl/α,β-unsaturated/α-hetero) is 1. The second-order valence-corrected chi connectivity index (χ2v) is 8.52. The maximum atomic E-state index is 13.1. The van der Waals surface area contributed by atoms with Crippen LogP contribution in [0.1, 0.15) is 33.9 Å². The fourth-order valence-corrected chi connectivity index (χ4v) is 4.11. The van der Waals surface area contributed by atoms with Crippen molar-refractivity contribution in [3.05, 3.63) is 105 Å². The lowest BCUT2D eigenvalue weighted by Gasteiger charge is -2.25. The first kappa shape index (κ1) is 21.0. The molecule has 0 spiro atoms. The van der Waals surface area contributed by atoms with Gasteiger partial charge < -0.3 is 10.0 Å². The molecule has 1 amide bonds. The molecule has 2 aromatic carbocycles. The molecule has 1 atom stereocenters. The molecule has 1 aliphatic rings. The molecule has 3 aromatic rings. The maximum Gasteiger partial charge on any atom is 0.295 e. The zero-order valence-electron chi connectivity index (χ0n) is 17.2. The number of hydrogen-bond donors (Lipinski definition) is 1. The van der Waals surface area contributed by atoms with E-state index < -0.39 is 17.7 Å². The first-order chi connectivity index (χ1) is 14.9. The van der Waals surface area contributed by atoms with E-state index in [-0.39, 0.29) is 17.9 Å². The van der Waals surface area contributed by atoms with E-state index in [0.29, 0.717) is 5.56 Å². The number of aliphatic hydroxyl groups excluding tert-OH is 1. The Kier molecular flexibility index (Phi) is 5.74. The maximum absolute atomic E-state index is 13.1. The predicted octanol–water partition coefficient (Wildman–Crippen LogP) is 5.08. The number of aryl methyl sites for hydroxylation is 2. The molecule has 0 aliphatic carbocycles. The Morgan fingerprint density at radius 2 is 1.90 bits per heavy atom. The van der Waals surface area contributed by atoms with E-state index >= 15 is 0 Å². The molecule has 0 saturated carbocycles. The number of pyridine rings is 1. The fourth-order valence-electron chi connectivity index (χ4n) is 3.87. The minimum atomic E-state index is -0.691. The predicted molar refractivity (Wildman–Crippen MR) is 122 cm³/mol. The van der Waals surface area contributed by atoms with Gasteiger partial charge in [-0.25, -0.2) is 0 Å². The van der Waals surface area contributed by atoms with Gasteiger partial charge >= 0.3 is 0 Å². The second kappa shape index (κ2) is 8.47. The molecular weight excluding hydrogens is 456 g/mol. The number of hydrogen-bond acceptors (Lipinski definition) is 4. The van der Waals surface area contributed by atoms with Gasteiger partial charge in [0.25, 0.3) is 11.7 Å². The van der Waals surface area contributed by atoms with Crippen molar-refractivity contribution in [3.8, 4) is 0 Å². The highest BCUT2D eigenvalue weighted by Gasteiger charge is 2.46. The van der Waals surface area contributed by atoms with Gasteiger partial charge in [-0.1, -0.05) is 57.9 Å². The molecule has 0 bridgehead atoms. The van der Waals surface area contributed by atoms with Crippen LogP contribution >= 0.6 is 15.9 Å². The van der Waals surface area contributed by atoms with Crippen LogP contribution < -0.4 is 0 Å². The Hall–Kier alpha value is -3.25. The van der Waals surface area contributed by atoms with Crippen LogP contribution in [0.25, 0.3) is 5.76 Å². The molecule has 4 rings (SSSR count). The van der Waals surface area contributed by atoms with E-state index in [4.69, 9.17) is 0 Å². The van der Waals surface area contributed by atoms with E-state index in [0.717, 1.165) is 26.7 Å². The van der Waals surface area contributed by atoms with Gasteiger partial charge in [0.1, 0.15) is 5.76 Å². The van der Waals surface area contributed by atoms with Gasteiger partial charge in [0.15, 0.2) is 0 Å². The molecule has 1 aromatic heterocycles. The molecule has 5 nitrogen and oxygen atoms in total. The van der Waals surface area contributed by atoms with E-state index in [9.17, 15) is 14.7 Å². The van der Waals surface area contributed by atoms with Crippen LogP contribution in [0.15, 0.2) is 77.0 Å². The van der Waals surface area contributed by atoms with Crippen LogP contribution in [0.4, 0.5) is 0 Å². The van der Waals surface area contributed by atoms with Crippen LogP contribution in [0, 0.1) is 13.8 Å². The summed E-state index contributed by atoms with van der Waals surface area (Å²) in [7, 11) is 0. The zero-order chi connectivity index (χ0) is 22.1. The monoisotopic (exact) mass is 476 g/mol. The molecule has 0 radical (unpaired) electrons. The lowest BCUT2D eigenvalue weighted by atomic mass is 9.94. The summed E-state index contributed by atoms with van der Waals surface area (Å²) in [5.74, 6) is -1.49. The van der Waals surface area contributed by atoms with Crippen molar-refractivity contribution in [1.29, 1.82) is 0 Å². The first-order valence-corrected chi connectivity index (χ1v) is 10.7. The number of benzene rings is 2. The normalized spacial score (nSPS) is 17.9. The van der Waals surface area contributed by atoms with Crippen molar-refractivity contribution in [2.24, 2.45) is 0 Å². The van der Waals surface area contributed by atoms with Crippen molar-refractivity contribution in [1.82, 2.24) is 9.88 Å². The van der Waals surface area contributed by atoms with Gasteiger partial charge in [-0.2, -0.15) is 0 Å². The topological polar surface area (TPSA) is 70.5 Å². The van der Waals surface area contributed by atoms with Crippen molar-refractivity contribution < 1.29 is 14.7 Å². The van der Waals surface area contributed by atoms with Gasteiger partial charge in [0, 0.05) is 29.0 Å². The minimum absolute atomic E-state index is 0.0983. The fraction of sp³-hybridized carbons (Fsp3) is 0.160. The molecule has 1 aliphatic heterocycles. The minimum Gasteiger partial charge on any atom is -0.507 e. The zero-order valence-corrected chi connectivity index (χ0v) is 18.8. The highest BCUT2D eigenvalue weighted by molar-refractivity contribution is 9.10. The summed E-state index contributed by atoms with van der Waals surface area (Å²) in [4.78, 5) is 31.8. The lowest BCUT2D eigenvalue weighted by molar-refractivity contribution is -0.140. The molecule has 31 heavy (non-hydrogen) atoms. The highest BCUT2D eigenvalue weighted by atomic mass is 79.9. The summed E-state index contributed by atoms with van der Waals surface area (Å²) < 4.78 is 0.899. The summed E-state index contributed by atoms with van der Waals surface area (Å²) in [6, 6.07) is 16.0. The summed E-state index contributed by atoms with van der Waals surface area (Å²) >= 11 is 3.45. The summed E-state index contributed by atoms with van der Waals surface area (Å²) in [6.07, 6.45) is 3.33. The van der Waals surface area contributed by atoms with E-state index in [2.05, 4.69) is 20.9 Å². The van der Waals surface area contributed by atoms with Crippen LogP contribution in [0.2, 0.25) is 0 Å². The SMILES string of the molecule is Cc1cccc(C2/C(=C(/O)c3ccc(Br)c(C)c3)C(=O)C(=O)N2Cc2cccnc2)c1. The van der Waals surface area contributed by atoms with E-state index in [1.807, 2.05) is 50.2 Å². The number of aromatic nitrogens is 1. The third kappa shape index (κ3) is 4.03.